The van der Waals surface area contributed by atoms with Crippen molar-refractivity contribution in [2.24, 2.45) is 0 Å². The van der Waals surface area contributed by atoms with E-state index in [0.717, 1.165) is 22.6 Å². The van der Waals surface area contributed by atoms with Crippen molar-refractivity contribution in [3.8, 4) is 0 Å². The summed E-state index contributed by atoms with van der Waals surface area (Å²) in [6, 6.07) is 5.79. The van der Waals surface area contributed by atoms with Crippen LogP contribution in [0.25, 0.3) is 0 Å². The zero-order valence-corrected chi connectivity index (χ0v) is 14.5. The largest absolute Gasteiger partial charge is 0.355 e. The van der Waals surface area contributed by atoms with Crippen molar-refractivity contribution in [2.75, 3.05) is 12.8 Å². The molecule has 0 aromatic heterocycles. The Morgan fingerprint density at radius 2 is 2.10 bits per heavy atom. The van der Waals surface area contributed by atoms with E-state index in [1.165, 1.54) is 0 Å². The van der Waals surface area contributed by atoms with Crippen molar-refractivity contribution in [2.45, 2.75) is 42.9 Å². The van der Waals surface area contributed by atoms with E-state index in [0.29, 0.717) is 5.56 Å². The van der Waals surface area contributed by atoms with Gasteiger partial charge in [0.2, 0.25) is 0 Å². The van der Waals surface area contributed by atoms with E-state index in [9.17, 15) is 9.00 Å². The molecule has 1 amide bonds. The molecular formula is C15H22N2O2S2. The molecule has 21 heavy (non-hydrogen) atoms. The molecule has 0 saturated heterocycles. The maximum atomic E-state index is 12.3. The predicted molar refractivity (Wildman–Crippen MR) is 88.9 cm³/mol. The first-order chi connectivity index (χ1) is 9.84. The molecule has 2 N–H and O–H groups in total. The fraction of sp³-hybridized carbons (Fsp3) is 0.533. The monoisotopic (exact) mass is 326 g/mol. The summed E-state index contributed by atoms with van der Waals surface area (Å²) in [5, 5.41) is 2.68. The second kappa shape index (κ2) is 6.50. The Balaban J connectivity index is 2.32. The lowest BCUT2D eigenvalue weighted by molar-refractivity contribution is 0.0960. The van der Waals surface area contributed by atoms with E-state index in [1.54, 1.807) is 18.8 Å². The third kappa shape index (κ3) is 3.67. The average molecular weight is 326 g/mol. The summed E-state index contributed by atoms with van der Waals surface area (Å²) >= 11 is 1.70. The Morgan fingerprint density at radius 1 is 1.38 bits per heavy atom. The van der Waals surface area contributed by atoms with Gasteiger partial charge >= 0.3 is 0 Å². The molecule has 1 aliphatic rings. The van der Waals surface area contributed by atoms with Gasteiger partial charge in [0.25, 0.3) is 5.91 Å². The summed E-state index contributed by atoms with van der Waals surface area (Å²) in [6.07, 6.45) is 0.913. The maximum absolute atomic E-state index is 12.3. The third-order valence-corrected chi connectivity index (χ3v) is 6.15. The van der Waals surface area contributed by atoms with Crippen LogP contribution in [-0.4, -0.2) is 27.7 Å². The molecule has 1 aromatic rings. The molecule has 0 fully saturated rings. The van der Waals surface area contributed by atoms with Gasteiger partial charge in [-0.3, -0.25) is 4.79 Å². The summed E-state index contributed by atoms with van der Waals surface area (Å²) in [7, 11) is 0.517. The Bertz CT molecular complexity index is 567. The van der Waals surface area contributed by atoms with E-state index < -0.39 is 11.0 Å². The minimum absolute atomic E-state index is 0.0333. The lowest BCUT2D eigenvalue weighted by Gasteiger charge is -2.29. The molecule has 2 atom stereocenters. The van der Waals surface area contributed by atoms with Crippen LogP contribution in [0.2, 0.25) is 0 Å². The molecule has 0 saturated carbocycles. The fourth-order valence-corrected chi connectivity index (χ4v) is 4.27. The Labute approximate surface area is 133 Å². The van der Waals surface area contributed by atoms with E-state index in [-0.39, 0.29) is 16.7 Å². The van der Waals surface area contributed by atoms with Crippen molar-refractivity contribution in [3.63, 3.8) is 0 Å². The maximum Gasteiger partial charge on any atom is 0.252 e. The summed E-state index contributed by atoms with van der Waals surface area (Å²) in [5.41, 5.74) is 1.78. The normalized spacial score (nSPS) is 19.7. The molecular weight excluding hydrogens is 304 g/mol. The van der Waals surface area contributed by atoms with E-state index >= 15 is 0 Å². The quantitative estimate of drug-likeness (QED) is 0.898. The Kier molecular flexibility index (Phi) is 5.11. The molecule has 6 heteroatoms. The van der Waals surface area contributed by atoms with Gasteiger partial charge in [-0.2, -0.15) is 0 Å². The summed E-state index contributed by atoms with van der Waals surface area (Å²) in [5.74, 6) is 0.844. The lowest BCUT2D eigenvalue weighted by Crippen LogP contribution is -2.37. The highest BCUT2D eigenvalue weighted by Gasteiger charge is 2.28. The number of nitrogens with one attached hydrogen (secondary N) is 2. The number of hydrogen-bond acceptors (Lipinski definition) is 3. The predicted octanol–water partition coefficient (Wildman–Crippen LogP) is 2.63. The number of benzene rings is 1. The fourth-order valence-electron chi connectivity index (χ4n) is 2.17. The van der Waals surface area contributed by atoms with Crippen LogP contribution in [0, 0.1) is 0 Å². The first-order valence-electron chi connectivity index (χ1n) is 7.00. The second-order valence-corrected chi connectivity index (χ2v) is 9.09. The molecule has 0 aliphatic carbocycles. The molecule has 2 rings (SSSR count). The summed E-state index contributed by atoms with van der Waals surface area (Å²) in [4.78, 5) is 13.0. The van der Waals surface area contributed by atoms with Crippen molar-refractivity contribution < 1.29 is 9.00 Å². The third-order valence-electron chi connectivity index (χ3n) is 3.35. The molecule has 1 aromatic carbocycles. The number of hydrogen-bond donors (Lipinski definition) is 2. The smallest absolute Gasteiger partial charge is 0.252 e. The number of amides is 1. The van der Waals surface area contributed by atoms with Crippen LogP contribution >= 0.6 is 11.8 Å². The van der Waals surface area contributed by atoms with Gasteiger partial charge in [-0.1, -0.05) is 12.1 Å². The van der Waals surface area contributed by atoms with E-state index in [2.05, 4.69) is 10.0 Å². The van der Waals surface area contributed by atoms with Crippen molar-refractivity contribution >= 4 is 28.7 Å². The highest BCUT2D eigenvalue weighted by molar-refractivity contribution is 7.99. The van der Waals surface area contributed by atoms with Gasteiger partial charge in [-0.25, -0.2) is 8.93 Å². The molecule has 0 spiro atoms. The topological polar surface area (TPSA) is 58.2 Å². The zero-order chi connectivity index (χ0) is 15.6. The number of thioether (sulfide) groups is 1. The molecule has 116 valence electrons. The molecule has 0 radical (unpaired) electrons. The van der Waals surface area contributed by atoms with Gasteiger partial charge in [0, 0.05) is 18.0 Å². The SMILES string of the molecule is CNC(=O)c1cccc2c1SCCC2N[S@@](=O)C(C)(C)C. The molecule has 1 aliphatic heterocycles. The Hall–Kier alpha value is -0.850. The van der Waals surface area contributed by atoms with Gasteiger partial charge in [-0.15, -0.1) is 11.8 Å². The van der Waals surface area contributed by atoms with Gasteiger partial charge in [0.15, 0.2) is 0 Å². The number of fused-ring (bicyclic) bond motifs is 1. The summed E-state index contributed by atoms with van der Waals surface area (Å²) < 4.78 is 15.3. The van der Waals surface area contributed by atoms with Gasteiger partial charge in [0.1, 0.15) is 0 Å². The summed E-state index contributed by atoms with van der Waals surface area (Å²) in [6.45, 7) is 5.86. The number of carbonyl (C=O) groups is 1. The van der Waals surface area contributed by atoms with Crippen molar-refractivity contribution in [1.29, 1.82) is 0 Å². The van der Waals surface area contributed by atoms with Gasteiger partial charge < -0.3 is 5.32 Å². The number of rotatable bonds is 3. The minimum Gasteiger partial charge on any atom is -0.355 e. The van der Waals surface area contributed by atoms with Crippen LogP contribution in [0.1, 0.15) is 49.2 Å². The van der Waals surface area contributed by atoms with E-state index in [1.807, 2.05) is 39.0 Å². The average Bonchev–Trinajstić information content (AvgIpc) is 2.45. The molecule has 1 unspecified atom stereocenters. The van der Waals surface area contributed by atoms with Gasteiger partial charge in [-0.05, 0) is 44.6 Å². The van der Waals surface area contributed by atoms with Crippen molar-refractivity contribution in [3.05, 3.63) is 29.3 Å². The molecule has 0 bridgehead atoms. The van der Waals surface area contributed by atoms with Crippen LogP contribution in [0.4, 0.5) is 0 Å². The first kappa shape index (κ1) is 16.5. The molecule has 1 heterocycles. The van der Waals surface area contributed by atoms with Crippen LogP contribution in [-0.2, 0) is 11.0 Å². The van der Waals surface area contributed by atoms with Crippen LogP contribution in [0.3, 0.4) is 0 Å². The van der Waals surface area contributed by atoms with Crippen LogP contribution < -0.4 is 10.0 Å². The first-order valence-corrected chi connectivity index (χ1v) is 9.14. The Morgan fingerprint density at radius 3 is 2.71 bits per heavy atom. The standard InChI is InChI=1S/C15H22N2O2S2/c1-15(2,3)21(19)17-12-8-9-20-13-10(12)6-5-7-11(13)14(18)16-4/h5-7,12,17H,8-9H2,1-4H3,(H,16,18)/t12?,21-/m0/s1. The zero-order valence-electron chi connectivity index (χ0n) is 12.9. The van der Waals surface area contributed by atoms with E-state index in [4.69, 9.17) is 0 Å². The highest BCUT2D eigenvalue weighted by Crippen LogP contribution is 2.38. The minimum atomic E-state index is -1.12. The highest BCUT2D eigenvalue weighted by atomic mass is 32.2. The number of carbonyl (C=O) groups excluding carboxylic acids is 1. The van der Waals surface area contributed by atoms with Crippen molar-refractivity contribution in [1.82, 2.24) is 10.0 Å². The van der Waals surface area contributed by atoms with Crippen LogP contribution in [0.15, 0.2) is 23.1 Å². The van der Waals surface area contributed by atoms with Gasteiger partial charge in [0.05, 0.1) is 21.3 Å². The molecule has 4 nitrogen and oxygen atoms in total. The lowest BCUT2D eigenvalue weighted by atomic mass is 10.0. The van der Waals surface area contributed by atoms with Crippen LogP contribution in [0.5, 0.6) is 0 Å². The second-order valence-electron chi connectivity index (χ2n) is 5.99.